The molecule has 7 heteroatoms. The molecule has 0 spiro atoms. The highest BCUT2D eigenvalue weighted by molar-refractivity contribution is 6.35. The maximum Gasteiger partial charge on any atom is 0.329 e. The van der Waals surface area contributed by atoms with Gasteiger partial charge in [0.25, 0.3) is 0 Å². The molecule has 0 bridgehead atoms. The number of rotatable bonds is 4. The number of hydrogen-bond acceptors (Lipinski definition) is 5. The van der Waals surface area contributed by atoms with E-state index in [1.54, 1.807) is 26.0 Å². The van der Waals surface area contributed by atoms with Crippen molar-refractivity contribution in [1.29, 1.82) is 0 Å². The number of phenolic OH excluding ortho intramolecular Hbond substituents is 1. The summed E-state index contributed by atoms with van der Waals surface area (Å²) in [5.41, 5.74) is 2.70. The van der Waals surface area contributed by atoms with Crippen molar-refractivity contribution in [3.8, 4) is 11.5 Å². The topological polar surface area (TPSA) is 100 Å². The zero-order valence-corrected chi connectivity index (χ0v) is 11.5. The van der Waals surface area contributed by atoms with Crippen LogP contribution in [0, 0.1) is 0 Å². The smallest absolute Gasteiger partial charge is 0.329 e. The van der Waals surface area contributed by atoms with E-state index in [9.17, 15) is 14.7 Å². The van der Waals surface area contributed by atoms with Crippen LogP contribution in [0.1, 0.15) is 19.4 Å². The van der Waals surface area contributed by atoms with Crippen LogP contribution in [-0.4, -0.2) is 36.3 Å². The summed E-state index contributed by atoms with van der Waals surface area (Å²) in [5.74, 6) is -1.30. The van der Waals surface area contributed by atoms with Gasteiger partial charge in [0.1, 0.15) is 0 Å². The molecule has 7 nitrogen and oxygen atoms in total. The van der Waals surface area contributed by atoms with Crippen molar-refractivity contribution in [2.24, 2.45) is 5.10 Å². The molecule has 0 fully saturated rings. The number of amides is 2. The molecule has 0 radical (unpaired) electrons. The zero-order chi connectivity index (χ0) is 15.1. The van der Waals surface area contributed by atoms with E-state index in [1.165, 1.54) is 19.4 Å². The fraction of sp³-hybridized carbons (Fsp3) is 0.308. The van der Waals surface area contributed by atoms with Crippen molar-refractivity contribution in [2.45, 2.75) is 19.9 Å². The Hall–Kier alpha value is -2.57. The number of nitrogens with zero attached hydrogens (tertiary/aromatic N) is 1. The lowest BCUT2D eigenvalue weighted by molar-refractivity contribution is -0.139. The van der Waals surface area contributed by atoms with Crippen LogP contribution in [0.25, 0.3) is 0 Å². The number of phenols is 1. The molecule has 108 valence electrons. The van der Waals surface area contributed by atoms with Gasteiger partial charge in [-0.2, -0.15) is 5.10 Å². The summed E-state index contributed by atoms with van der Waals surface area (Å²) in [6.45, 7) is 3.49. The Morgan fingerprint density at radius 1 is 1.35 bits per heavy atom. The third-order valence-corrected chi connectivity index (χ3v) is 2.21. The molecular formula is C13H17N3O4. The van der Waals surface area contributed by atoms with Gasteiger partial charge < -0.3 is 15.2 Å². The number of nitrogens with one attached hydrogen (secondary N) is 2. The molecule has 0 atom stereocenters. The van der Waals surface area contributed by atoms with Crippen molar-refractivity contribution >= 4 is 18.0 Å². The van der Waals surface area contributed by atoms with Gasteiger partial charge in [-0.15, -0.1) is 0 Å². The normalized spacial score (nSPS) is 10.6. The first-order valence-corrected chi connectivity index (χ1v) is 5.95. The molecule has 1 aromatic rings. The van der Waals surface area contributed by atoms with Gasteiger partial charge >= 0.3 is 11.8 Å². The first kappa shape index (κ1) is 15.5. The fourth-order valence-electron chi connectivity index (χ4n) is 1.32. The summed E-state index contributed by atoms with van der Waals surface area (Å²) in [6.07, 6.45) is 1.34. The Morgan fingerprint density at radius 3 is 2.65 bits per heavy atom. The Bertz CT molecular complexity index is 526. The fourth-order valence-corrected chi connectivity index (χ4v) is 1.32. The van der Waals surface area contributed by atoms with E-state index in [4.69, 9.17) is 4.74 Å². The summed E-state index contributed by atoms with van der Waals surface area (Å²) in [5, 5.41) is 15.5. The maximum absolute atomic E-state index is 11.3. The number of methoxy groups -OCH3 is 1. The lowest BCUT2D eigenvalue weighted by atomic mass is 10.2. The second-order valence-electron chi connectivity index (χ2n) is 4.26. The first-order valence-electron chi connectivity index (χ1n) is 5.95. The Kier molecular flexibility index (Phi) is 5.52. The van der Waals surface area contributed by atoms with Crippen molar-refractivity contribution in [3.05, 3.63) is 23.8 Å². The highest BCUT2D eigenvalue weighted by Gasteiger charge is 2.12. The molecule has 0 unspecified atom stereocenters. The molecule has 1 rings (SSSR count). The minimum absolute atomic E-state index is 0.00463. The Balaban J connectivity index is 2.61. The SMILES string of the molecule is COc1cc(/C=N\NC(=O)C(=O)NC(C)C)ccc1O. The minimum Gasteiger partial charge on any atom is -0.504 e. The molecule has 0 saturated carbocycles. The minimum atomic E-state index is -0.847. The van der Waals surface area contributed by atoms with Gasteiger partial charge in [-0.3, -0.25) is 9.59 Å². The van der Waals surface area contributed by atoms with Gasteiger partial charge in [-0.05, 0) is 37.6 Å². The van der Waals surface area contributed by atoms with Gasteiger partial charge in [0.05, 0.1) is 13.3 Å². The molecular weight excluding hydrogens is 262 g/mol. The lowest BCUT2D eigenvalue weighted by Gasteiger charge is -2.06. The van der Waals surface area contributed by atoms with Gasteiger partial charge in [-0.25, -0.2) is 5.43 Å². The van der Waals surface area contributed by atoms with E-state index in [0.29, 0.717) is 5.56 Å². The molecule has 0 aliphatic rings. The van der Waals surface area contributed by atoms with Crippen LogP contribution in [0.5, 0.6) is 11.5 Å². The number of hydrogen-bond donors (Lipinski definition) is 3. The number of hydrazone groups is 1. The number of benzene rings is 1. The van der Waals surface area contributed by atoms with Gasteiger partial charge in [0.2, 0.25) is 0 Å². The quantitative estimate of drug-likeness (QED) is 0.421. The molecule has 2 amide bonds. The monoisotopic (exact) mass is 279 g/mol. The van der Waals surface area contributed by atoms with E-state index in [0.717, 1.165) is 0 Å². The predicted molar refractivity (Wildman–Crippen MR) is 73.7 cm³/mol. The molecule has 3 N–H and O–H groups in total. The third kappa shape index (κ3) is 4.60. The third-order valence-electron chi connectivity index (χ3n) is 2.21. The van der Waals surface area contributed by atoms with Crippen molar-refractivity contribution in [3.63, 3.8) is 0 Å². The zero-order valence-electron chi connectivity index (χ0n) is 11.5. The van der Waals surface area contributed by atoms with Crippen LogP contribution < -0.4 is 15.5 Å². The van der Waals surface area contributed by atoms with Crippen LogP contribution in [0.15, 0.2) is 23.3 Å². The van der Waals surface area contributed by atoms with E-state index in [-0.39, 0.29) is 17.5 Å². The van der Waals surface area contributed by atoms with E-state index in [2.05, 4.69) is 15.8 Å². The maximum atomic E-state index is 11.3. The summed E-state index contributed by atoms with van der Waals surface area (Å²) in [4.78, 5) is 22.6. The van der Waals surface area contributed by atoms with Crippen LogP contribution in [0.2, 0.25) is 0 Å². The molecule has 0 heterocycles. The van der Waals surface area contributed by atoms with E-state index < -0.39 is 11.8 Å². The van der Waals surface area contributed by atoms with Crippen molar-refractivity contribution < 1.29 is 19.4 Å². The van der Waals surface area contributed by atoms with Crippen LogP contribution in [0.4, 0.5) is 0 Å². The van der Waals surface area contributed by atoms with E-state index >= 15 is 0 Å². The Morgan fingerprint density at radius 2 is 2.05 bits per heavy atom. The summed E-state index contributed by atoms with van der Waals surface area (Å²) >= 11 is 0. The molecule has 0 aliphatic carbocycles. The van der Waals surface area contributed by atoms with E-state index in [1.807, 2.05) is 0 Å². The summed E-state index contributed by atoms with van der Waals surface area (Å²) in [7, 11) is 1.42. The largest absolute Gasteiger partial charge is 0.504 e. The average Bonchev–Trinajstić information content (AvgIpc) is 2.39. The molecule has 0 aromatic heterocycles. The van der Waals surface area contributed by atoms with Crippen LogP contribution >= 0.6 is 0 Å². The van der Waals surface area contributed by atoms with Crippen LogP contribution in [-0.2, 0) is 9.59 Å². The molecule has 20 heavy (non-hydrogen) atoms. The van der Waals surface area contributed by atoms with Crippen molar-refractivity contribution in [1.82, 2.24) is 10.7 Å². The number of carbonyl (C=O) groups is 2. The second-order valence-corrected chi connectivity index (χ2v) is 4.26. The summed E-state index contributed by atoms with van der Waals surface area (Å²) in [6, 6.07) is 4.44. The lowest BCUT2D eigenvalue weighted by Crippen LogP contribution is -2.41. The van der Waals surface area contributed by atoms with Gasteiger partial charge in [-0.1, -0.05) is 0 Å². The Labute approximate surface area is 116 Å². The predicted octanol–water partition coefficient (Wildman–Crippen LogP) is 0.375. The highest BCUT2D eigenvalue weighted by atomic mass is 16.5. The highest BCUT2D eigenvalue weighted by Crippen LogP contribution is 2.25. The standard InChI is InChI=1S/C13H17N3O4/c1-8(2)15-12(18)13(19)16-14-7-9-4-5-10(17)11(6-9)20-3/h4-8,17H,1-3H3,(H,15,18)(H,16,19)/b14-7-. The molecule has 0 saturated heterocycles. The average molecular weight is 279 g/mol. The van der Waals surface area contributed by atoms with Gasteiger partial charge in [0.15, 0.2) is 11.5 Å². The van der Waals surface area contributed by atoms with Crippen molar-refractivity contribution in [2.75, 3.05) is 7.11 Å². The molecule has 0 aliphatic heterocycles. The number of ether oxygens (including phenoxy) is 1. The van der Waals surface area contributed by atoms with Gasteiger partial charge in [0, 0.05) is 6.04 Å². The van der Waals surface area contributed by atoms with Crippen LogP contribution in [0.3, 0.4) is 0 Å². The number of aromatic hydroxyl groups is 1. The second kappa shape index (κ2) is 7.13. The molecule has 1 aromatic carbocycles. The first-order chi connectivity index (χ1) is 9.43. The number of carbonyl (C=O) groups excluding carboxylic acids is 2. The summed E-state index contributed by atoms with van der Waals surface area (Å²) < 4.78 is 4.93.